The maximum Gasteiger partial charge on any atom is 0.260 e. The van der Waals surface area contributed by atoms with Crippen molar-refractivity contribution in [1.29, 1.82) is 0 Å². The smallest absolute Gasteiger partial charge is 0.260 e. The van der Waals surface area contributed by atoms with Gasteiger partial charge in [-0.05, 0) is 30.2 Å². The molecule has 1 aromatic heterocycles. The van der Waals surface area contributed by atoms with Crippen molar-refractivity contribution in [3.63, 3.8) is 0 Å². The standard InChI is InChI=1S/C19H18ClN3O2/c1-12(2)11-17(24)21-16-10-6-4-8-14(16)19-22-18(23-25-19)13-7-3-5-9-15(13)20/h3-10,12H,11H2,1-2H3,(H,21,24). The molecule has 1 amide bonds. The Kier molecular flexibility index (Phi) is 5.14. The summed E-state index contributed by atoms with van der Waals surface area (Å²) >= 11 is 6.18. The van der Waals surface area contributed by atoms with Crippen molar-refractivity contribution in [3.8, 4) is 22.8 Å². The number of amides is 1. The van der Waals surface area contributed by atoms with Crippen LogP contribution in [0.3, 0.4) is 0 Å². The summed E-state index contributed by atoms with van der Waals surface area (Å²) in [6, 6.07) is 14.6. The Labute approximate surface area is 151 Å². The SMILES string of the molecule is CC(C)CC(=O)Nc1ccccc1-c1nc(-c2ccccc2Cl)no1. The predicted octanol–water partition coefficient (Wildman–Crippen LogP) is 5.04. The molecule has 0 fully saturated rings. The molecule has 0 saturated heterocycles. The summed E-state index contributed by atoms with van der Waals surface area (Å²) in [5.74, 6) is 0.968. The largest absolute Gasteiger partial charge is 0.334 e. The zero-order valence-corrected chi connectivity index (χ0v) is 14.7. The van der Waals surface area contributed by atoms with Gasteiger partial charge < -0.3 is 9.84 Å². The lowest BCUT2D eigenvalue weighted by atomic mass is 10.1. The second-order valence-corrected chi connectivity index (χ2v) is 6.50. The van der Waals surface area contributed by atoms with Gasteiger partial charge in [-0.3, -0.25) is 4.79 Å². The highest BCUT2D eigenvalue weighted by atomic mass is 35.5. The van der Waals surface area contributed by atoms with E-state index in [4.69, 9.17) is 16.1 Å². The molecule has 0 spiro atoms. The Bertz CT molecular complexity index is 890. The number of para-hydroxylation sites is 1. The summed E-state index contributed by atoms with van der Waals surface area (Å²) in [4.78, 5) is 16.5. The van der Waals surface area contributed by atoms with Gasteiger partial charge in [-0.15, -0.1) is 0 Å². The summed E-state index contributed by atoms with van der Waals surface area (Å²) in [5, 5.41) is 7.47. The Morgan fingerprint density at radius 2 is 1.80 bits per heavy atom. The van der Waals surface area contributed by atoms with E-state index in [1.165, 1.54) is 0 Å². The molecule has 3 rings (SSSR count). The van der Waals surface area contributed by atoms with Gasteiger partial charge in [0.05, 0.1) is 16.3 Å². The average molecular weight is 356 g/mol. The summed E-state index contributed by atoms with van der Waals surface area (Å²) < 4.78 is 5.39. The minimum Gasteiger partial charge on any atom is -0.334 e. The van der Waals surface area contributed by atoms with Crippen LogP contribution in [0.2, 0.25) is 5.02 Å². The molecule has 6 heteroatoms. The van der Waals surface area contributed by atoms with Crippen LogP contribution in [0, 0.1) is 5.92 Å². The highest BCUT2D eigenvalue weighted by molar-refractivity contribution is 6.33. The van der Waals surface area contributed by atoms with E-state index in [-0.39, 0.29) is 11.8 Å². The third-order valence-corrected chi connectivity index (χ3v) is 3.90. The lowest BCUT2D eigenvalue weighted by molar-refractivity contribution is -0.116. The second kappa shape index (κ2) is 7.49. The number of nitrogens with one attached hydrogen (secondary N) is 1. The fraction of sp³-hybridized carbons (Fsp3) is 0.211. The second-order valence-electron chi connectivity index (χ2n) is 6.09. The molecule has 2 aromatic carbocycles. The lowest BCUT2D eigenvalue weighted by Gasteiger charge is -2.09. The Balaban J connectivity index is 1.91. The molecule has 0 aliphatic heterocycles. The van der Waals surface area contributed by atoms with Crippen LogP contribution in [0.15, 0.2) is 53.1 Å². The summed E-state index contributed by atoms with van der Waals surface area (Å²) in [5.41, 5.74) is 2.01. The van der Waals surface area contributed by atoms with E-state index in [1.54, 1.807) is 6.07 Å². The first-order valence-electron chi connectivity index (χ1n) is 8.02. The molecule has 0 aliphatic carbocycles. The van der Waals surface area contributed by atoms with E-state index in [2.05, 4.69) is 15.5 Å². The van der Waals surface area contributed by atoms with Crippen LogP contribution in [0.1, 0.15) is 20.3 Å². The van der Waals surface area contributed by atoms with Gasteiger partial charge in [0.2, 0.25) is 11.7 Å². The average Bonchev–Trinajstić information content (AvgIpc) is 3.04. The van der Waals surface area contributed by atoms with Gasteiger partial charge in [0.1, 0.15) is 0 Å². The van der Waals surface area contributed by atoms with Crippen molar-refractivity contribution in [2.45, 2.75) is 20.3 Å². The van der Waals surface area contributed by atoms with E-state index in [0.717, 1.165) is 0 Å². The fourth-order valence-electron chi connectivity index (χ4n) is 2.44. The van der Waals surface area contributed by atoms with E-state index in [0.29, 0.717) is 40.0 Å². The minimum atomic E-state index is -0.0479. The molecular formula is C19H18ClN3O2. The van der Waals surface area contributed by atoms with Gasteiger partial charge in [-0.25, -0.2) is 0 Å². The number of carbonyl (C=O) groups is 1. The van der Waals surface area contributed by atoms with Crippen LogP contribution in [0.5, 0.6) is 0 Å². The molecule has 0 bridgehead atoms. The third-order valence-electron chi connectivity index (χ3n) is 3.57. The van der Waals surface area contributed by atoms with Gasteiger partial charge in [-0.1, -0.05) is 54.9 Å². The Morgan fingerprint density at radius 3 is 2.52 bits per heavy atom. The number of anilines is 1. The molecule has 5 nitrogen and oxygen atoms in total. The maximum absolute atomic E-state index is 12.1. The number of halogens is 1. The molecule has 0 saturated carbocycles. The lowest BCUT2D eigenvalue weighted by Crippen LogP contribution is -2.14. The van der Waals surface area contributed by atoms with Crippen molar-refractivity contribution in [2.24, 2.45) is 5.92 Å². The number of aromatic nitrogens is 2. The van der Waals surface area contributed by atoms with Crippen molar-refractivity contribution >= 4 is 23.2 Å². The van der Waals surface area contributed by atoms with Crippen LogP contribution in [0.4, 0.5) is 5.69 Å². The van der Waals surface area contributed by atoms with Crippen LogP contribution in [0.25, 0.3) is 22.8 Å². The van der Waals surface area contributed by atoms with Crippen LogP contribution in [-0.4, -0.2) is 16.0 Å². The topological polar surface area (TPSA) is 68.0 Å². The normalized spacial score (nSPS) is 10.9. The van der Waals surface area contributed by atoms with E-state index < -0.39 is 0 Å². The number of carbonyl (C=O) groups excluding carboxylic acids is 1. The Morgan fingerprint density at radius 1 is 1.12 bits per heavy atom. The van der Waals surface area contributed by atoms with Gasteiger partial charge >= 0.3 is 0 Å². The molecule has 1 N–H and O–H groups in total. The van der Waals surface area contributed by atoms with E-state index in [9.17, 15) is 4.79 Å². The number of hydrogen-bond acceptors (Lipinski definition) is 4. The van der Waals surface area contributed by atoms with E-state index in [1.807, 2.05) is 56.3 Å². The monoisotopic (exact) mass is 355 g/mol. The molecule has 128 valence electrons. The quantitative estimate of drug-likeness (QED) is 0.696. The first-order valence-corrected chi connectivity index (χ1v) is 8.40. The highest BCUT2D eigenvalue weighted by Gasteiger charge is 2.16. The molecule has 3 aromatic rings. The molecule has 1 heterocycles. The predicted molar refractivity (Wildman–Crippen MR) is 98.3 cm³/mol. The van der Waals surface area contributed by atoms with Gasteiger partial charge in [-0.2, -0.15) is 4.98 Å². The molecule has 0 unspecified atom stereocenters. The minimum absolute atomic E-state index is 0.0479. The van der Waals surface area contributed by atoms with E-state index >= 15 is 0 Å². The molecule has 0 aliphatic rings. The van der Waals surface area contributed by atoms with Crippen molar-refractivity contribution in [2.75, 3.05) is 5.32 Å². The molecule has 0 radical (unpaired) electrons. The molecule has 0 atom stereocenters. The number of rotatable bonds is 5. The van der Waals surface area contributed by atoms with Crippen molar-refractivity contribution in [3.05, 3.63) is 53.6 Å². The zero-order valence-electron chi connectivity index (χ0n) is 14.0. The third kappa shape index (κ3) is 4.06. The van der Waals surface area contributed by atoms with Gasteiger partial charge in [0.15, 0.2) is 0 Å². The summed E-state index contributed by atoms with van der Waals surface area (Å²) in [6.07, 6.45) is 0.447. The van der Waals surface area contributed by atoms with Crippen LogP contribution in [-0.2, 0) is 4.79 Å². The first-order chi connectivity index (χ1) is 12.0. The number of benzene rings is 2. The van der Waals surface area contributed by atoms with Crippen LogP contribution < -0.4 is 5.32 Å². The highest BCUT2D eigenvalue weighted by Crippen LogP contribution is 2.30. The first kappa shape index (κ1) is 17.2. The summed E-state index contributed by atoms with van der Waals surface area (Å²) in [7, 11) is 0. The van der Waals surface area contributed by atoms with Crippen molar-refractivity contribution < 1.29 is 9.32 Å². The van der Waals surface area contributed by atoms with Gasteiger partial charge in [0, 0.05) is 12.0 Å². The zero-order chi connectivity index (χ0) is 17.8. The number of nitrogens with zero attached hydrogens (tertiary/aromatic N) is 2. The molecule has 25 heavy (non-hydrogen) atoms. The summed E-state index contributed by atoms with van der Waals surface area (Å²) in [6.45, 7) is 4.00. The van der Waals surface area contributed by atoms with Gasteiger partial charge in [0.25, 0.3) is 5.89 Å². The Hall–Kier alpha value is -2.66. The maximum atomic E-state index is 12.1. The number of hydrogen-bond donors (Lipinski definition) is 1. The fourth-order valence-corrected chi connectivity index (χ4v) is 2.66. The molecular weight excluding hydrogens is 338 g/mol. The van der Waals surface area contributed by atoms with Crippen molar-refractivity contribution in [1.82, 2.24) is 10.1 Å². The van der Waals surface area contributed by atoms with Crippen LogP contribution >= 0.6 is 11.6 Å².